The van der Waals surface area contributed by atoms with Gasteiger partial charge in [0.2, 0.25) is 0 Å². The molecule has 0 fully saturated rings. The fourth-order valence-electron chi connectivity index (χ4n) is 1.59. The molecule has 1 heterocycles. The molecule has 0 spiro atoms. The van der Waals surface area contributed by atoms with E-state index in [1.54, 1.807) is 13.8 Å². The van der Waals surface area contributed by atoms with Gasteiger partial charge < -0.3 is 14.8 Å². The maximum Gasteiger partial charge on any atom is 0.105 e. The van der Waals surface area contributed by atoms with Crippen molar-refractivity contribution < 1.29 is 9.52 Å². The molecule has 0 saturated carbocycles. The lowest BCUT2D eigenvalue weighted by atomic mass is 10.1. The van der Waals surface area contributed by atoms with Crippen molar-refractivity contribution in [2.24, 2.45) is 0 Å². The molecule has 1 aromatic rings. The molecular formula is C12H21NO2. The van der Waals surface area contributed by atoms with Gasteiger partial charge in [0.1, 0.15) is 11.5 Å². The monoisotopic (exact) mass is 211 g/mol. The summed E-state index contributed by atoms with van der Waals surface area (Å²) >= 11 is 0. The summed E-state index contributed by atoms with van der Waals surface area (Å²) in [6, 6.07) is 2.24. The molecule has 1 unspecified atom stereocenters. The highest BCUT2D eigenvalue weighted by Gasteiger charge is 2.17. The number of aryl methyl sites for hydroxylation is 2. The van der Waals surface area contributed by atoms with Gasteiger partial charge in [-0.15, -0.1) is 0 Å². The van der Waals surface area contributed by atoms with Crippen LogP contribution < -0.4 is 5.32 Å². The molecule has 0 amide bonds. The van der Waals surface area contributed by atoms with E-state index in [1.165, 1.54) is 0 Å². The number of hydrogen-bond acceptors (Lipinski definition) is 3. The van der Waals surface area contributed by atoms with Crippen LogP contribution in [0.4, 0.5) is 0 Å². The minimum atomic E-state index is -0.680. The van der Waals surface area contributed by atoms with Gasteiger partial charge in [0.15, 0.2) is 0 Å². The van der Waals surface area contributed by atoms with Gasteiger partial charge in [0.25, 0.3) is 0 Å². The highest BCUT2D eigenvalue weighted by atomic mass is 16.3. The molecule has 1 rings (SSSR count). The smallest absolute Gasteiger partial charge is 0.105 e. The van der Waals surface area contributed by atoms with Crippen LogP contribution in [-0.4, -0.2) is 17.3 Å². The zero-order valence-electron chi connectivity index (χ0n) is 10.2. The van der Waals surface area contributed by atoms with Gasteiger partial charge in [-0.3, -0.25) is 0 Å². The van der Waals surface area contributed by atoms with Gasteiger partial charge in [-0.05, 0) is 40.7 Å². The van der Waals surface area contributed by atoms with E-state index in [4.69, 9.17) is 4.42 Å². The summed E-state index contributed by atoms with van der Waals surface area (Å²) < 4.78 is 5.47. The molecule has 0 bridgehead atoms. The molecule has 0 aliphatic rings. The zero-order chi connectivity index (χ0) is 11.6. The van der Waals surface area contributed by atoms with Crippen LogP contribution in [0.25, 0.3) is 0 Å². The molecule has 1 atom stereocenters. The van der Waals surface area contributed by atoms with E-state index in [-0.39, 0.29) is 6.04 Å². The van der Waals surface area contributed by atoms with Crippen LogP contribution in [-0.2, 0) is 0 Å². The topological polar surface area (TPSA) is 45.4 Å². The fourth-order valence-corrected chi connectivity index (χ4v) is 1.59. The molecule has 86 valence electrons. The Kier molecular flexibility index (Phi) is 3.58. The Bertz CT molecular complexity index is 323. The largest absolute Gasteiger partial charge is 0.466 e. The first-order chi connectivity index (χ1) is 6.79. The molecule has 0 aliphatic heterocycles. The average Bonchev–Trinajstić information content (AvgIpc) is 2.40. The van der Waals surface area contributed by atoms with Crippen molar-refractivity contribution in [1.29, 1.82) is 0 Å². The summed E-state index contributed by atoms with van der Waals surface area (Å²) in [6.07, 6.45) is 0. The van der Waals surface area contributed by atoms with Crippen molar-refractivity contribution in [2.45, 2.75) is 46.3 Å². The zero-order valence-corrected chi connectivity index (χ0v) is 10.2. The predicted octanol–water partition coefficient (Wildman–Crippen LogP) is 2.32. The molecule has 15 heavy (non-hydrogen) atoms. The first-order valence-electron chi connectivity index (χ1n) is 5.32. The normalized spacial score (nSPS) is 14.3. The Hall–Kier alpha value is -0.800. The second kappa shape index (κ2) is 4.37. The van der Waals surface area contributed by atoms with Crippen LogP contribution in [0, 0.1) is 13.8 Å². The minimum Gasteiger partial charge on any atom is -0.466 e. The average molecular weight is 211 g/mol. The molecule has 3 heteroatoms. The second-order valence-corrected chi connectivity index (χ2v) is 4.78. The van der Waals surface area contributed by atoms with E-state index >= 15 is 0 Å². The lowest BCUT2D eigenvalue weighted by molar-refractivity contribution is 0.0770. The van der Waals surface area contributed by atoms with E-state index in [0.717, 1.165) is 17.1 Å². The van der Waals surface area contributed by atoms with E-state index in [9.17, 15) is 5.11 Å². The van der Waals surface area contributed by atoms with Gasteiger partial charge in [-0.25, -0.2) is 0 Å². The Morgan fingerprint density at radius 1 is 1.47 bits per heavy atom. The Morgan fingerprint density at radius 2 is 2.07 bits per heavy atom. The van der Waals surface area contributed by atoms with Crippen molar-refractivity contribution in [3.05, 3.63) is 23.2 Å². The number of rotatable bonds is 4. The summed E-state index contributed by atoms with van der Waals surface area (Å²) in [6.45, 7) is 10.1. The summed E-state index contributed by atoms with van der Waals surface area (Å²) in [7, 11) is 0. The minimum absolute atomic E-state index is 0.203. The molecule has 0 aromatic carbocycles. The SMILES string of the molecule is Cc1cc(C(C)NCC(C)(C)O)c(C)o1. The Labute approximate surface area is 91.5 Å². The van der Waals surface area contributed by atoms with Crippen LogP contribution in [0.3, 0.4) is 0 Å². The maximum atomic E-state index is 9.60. The number of nitrogens with one attached hydrogen (secondary N) is 1. The van der Waals surface area contributed by atoms with E-state index in [0.29, 0.717) is 6.54 Å². The summed E-state index contributed by atoms with van der Waals surface area (Å²) in [4.78, 5) is 0. The molecule has 0 aliphatic carbocycles. The Balaban J connectivity index is 2.61. The van der Waals surface area contributed by atoms with Crippen LogP contribution in [0.5, 0.6) is 0 Å². The highest BCUT2D eigenvalue weighted by molar-refractivity contribution is 5.23. The molecular weight excluding hydrogens is 190 g/mol. The first kappa shape index (κ1) is 12.3. The molecule has 2 N–H and O–H groups in total. The van der Waals surface area contributed by atoms with Crippen LogP contribution in [0.15, 0.2) is 10.5 Å². The Morgan fingerprint density at radius 3 is 2.47 bits per heavy atom. The first-order valence-corrected chi connectivity index (χ1v) is 5.32. The third kappa shape index (κ3) is 3.68. The third-order valence-corrected chi connectivity index (χ3v) is 2.39. The quantitative estimate of drug-likeness (QED) is 0.803. The maximum absolute atomic E-state index is 9.60. The van der Waals surface area contributed by atoms with E-state index in [2.05, 4.69) is 12.2 Å². The number of hydrogen-bond donors (Lipinski definition) is 2. The summed E-state index contributed by atoms with van der Waals surface area (Å²) in [5.74, 6) is 1.88. The standard InChI is InChI=1S/C12H21NO2/c1-8-6-11(10(3)15-8)9(2)13-7-12(4,5)14/h6,9,13-14H,7H2,1-5H3. The highest BCUT2D eigenvalue weighted by Crippen LogP contribution is 2.21. The van der Waals surface area contributed by atoms with Gasteiger partial charge in [-0.1, -0.05) is 0 Å². The van der Waals surface area contributed by atoms with Crippen molar-refractivity contribution in [2.75, 3.05) is 6.54 Å². The van der Waals surface area contributed by atoms with Crippen LogP contribution >= 0.6 is 0 Å². The van der Waals surface area contributed by atoms with Crippen LogP contribution in [0.1, 0.15) is 43.9 Å². The lowest BCUT2D eigenvalue weighted by Gasteiger charge is -2.21. The number of aliphatic hydroxyl groups is 1. The summed E-state index contributed by atoms with van der Waals surface area (Å²) in [5, 5.41) is 12.9. The van der Waals surface area contributed by atoms with E-state index in [1.807, 2.05) is 19.9 Å². The van der Waals surface area contributed by atoms with Crippen molar-refractivity contribution in [3.63, 3.8) is 0 Å². The van der Waals surface area contributed by atoms with Gasteiger partial charge in [0, 0.05) is 18.2 Å². The van der Waals surface area contributed by atoms with Gasteiger partial charge in [-0.2, -0.15) is 0 Å². The molecule has 3 nitrogen and oxygen atoms in total. The van der Waals surface area contributed by atoms with Crippen molar-refractivity contribution in [3.8, 4) is 0 Å². The molecule has 0 radical (unpaired) electrons. The number of furan rings is 1. The van der Waals surface area contributed by atoms with Gasteiger partial charge in [0.05, 0.1) is 5.60 Å². The fraction of sp³-hybridized carbons (Fsp3) is 0.667. The van der Waals surface area contributed by atoms with Gasteiger partial charge >= 0.3 is 0 Å². The van der Waals surface area contributed by atoms with Crippen molar-refractivity contribution in [1.82, 2.24) is 5.32 Å². The predicted molar refractivity (Wildman–Crippen MR) is 60.9 cm³/mol. The van der Waals surface area contributed by atoms with E-state index < -0.39 is 5.60 Å². The molecule has 1 aromatic heterocycles. The third-order valence-electron chi connectivity index (χ3n) is 2.39. The van der Waals surface area contributed by atoms with Crippen molar-refractivity contribution >= 4 is 0 Å². The summed E-state index contributed by atoms with van der Waals surface area (Å²) in [5.41, 5.74) is 0.484. The van der Waals surface area contributed by atoms with Crippen LogP contribution in [0.2, 0.25) is 0 Å². The second-order valence-electron chi connectivity index (χ2n) is 4.78. The molecule has 0 saturated heterocycles. The lowest BCUT2D eigenvalue weighted by Crippen LogP contribution is -2.36.